The molecule has 0 spiro atoms. The van der Waals surface area contributed by atoms with Gasteiger partial charge in [0.1, 0.15) is 0 Å². The lowest BCUT2D eigenvalue weighted by atomic mass is 10.0. The van der Waals surface area contributed by atoms with E-state index in [1.54, 1.807) is 0 Å². The number of rotatable bonds is 6. The van der Waals surface area contributed by atoms with Crippen molar-refractivity contribution in [2.75, 3.05) is 6.54 Å². The number of alkyl halides is 3. The highest BCUT2D eigenvalue weighted by molar-refractivity contribution is 5.94. The van der Waals surface area contributed by atoms with Gasteiger partial charge in [-0.2, -0.15) is 18.2 Å². The lowest BCUT2D eigenvalue weighted by Gasteiger charge is -2.18. The third kappa shape index (κ3) is 5.70. The minimum atomic E-state index is -4.70. The highest BCUT2D eigenvalue weighted by Gasteiger charge is 2.38. The third-order valence-electron chi connectivity index (χ3n) is 3.45. The Labute approximate surface area is 154 Å². The molecule has 144 valence electrons. The summed E-state index contributed by atoms with van der Waals surface area (Å²) < 4.78 is 41.6. The average molecular weight is 393 g/mol. The number of aromatic nitrogens is 2. The van der Waals surface area contributed by atoms with E-state index in [1.165, 1.54) is 24.3 Å². The lowest BCUT2D eigenvalue weighted by Crippen LogP contribution is -2.41. The Balaban J connectivity index is 0.00000338. The van der Waals surface area contributed by atoms with Crippen molar-refractivity contribution >= 4 is 18.3 Å². The lowest BCUT2D eigenvalue weighted by molar-refractivity contribution is -0.159. The fourth-order valence-electron chi connectivity index (χ4n) is 2.28. The second-order valence-corrected chi connectivity index (χ2v) is 6.03. The SMILES string of the molecule is CC(C)CC(CN)NC(=O)c1ccc(-c2noc(C(F)(F)F)n2)cc1.Cl. The molecule has 0 fully saturated rings. The largest absolute Gasteiger partial charge is 0.471 e. The molecule has 0 bridgehead atoms. The van der Waals surface area contributed by atoms with E-state index in [9.17, 15) is 18.0 Å². The fourth-order valence-corrected chi connectivity index (χ4v) is 2.28. The van der Waals surface area contributed by atoms with Crippen LogP contribution in [0.1, 0.15) is 36.5 Å². The summed E-state index contributed by atoms with van der Waals surface area (Å²) in [6.45, 7) is 4.39. The number of carbonyl (C=O) groups is 1. The monoisotopic (exact) mass is 392 g/mol. The molecule has 2 rings (SSSR count). The number of benzene rings is 1. The van der Waals surface area contributed by atoms with E-state index in [0.717, 1.165) is 6.42 Å². The Morgan fingerprint density at radius 3 is 2.35 bits per heavy atom. The summed E-state index contributed by atoms with van der Waals surface area (Å²) in [5.74, 6) is -1.52. The molecule has 1 amide bonds. The Bertz CT molecular complexity index is 717. The van der Waals surface area contributed by atoms with Gasteiger partial charge in [-0.1, -0.05) is 31.1 Å². The van der Waals surface area contributed by atoms with E-state index in [0.29, 0.717) is 23.6 Å². The number of hydrogen-bond donors (Lipinski definition) is 2. The first kappa shape index (κ1) is 21.9. The first-order chi connectivity index (χ1) is 11.7. The van der Waals surface area contributed by atoms with Gasteiger partial charge in [0.05, 0.1) is 0 Å². The highest BCUT2D eigenvalue weighted by atomic mass is 35.5. The van der Waals surface area contributed by atoms with Gasteiger partial charge in [-0.25, -0.2) is 0 Å². The third-order valence-corrected chi connectivity index (χ3v) is 3.45. The van der Waals surface area contributed by atoms with Crippen LogP contribution in [0.25, 0.3) is 11.4 Å². The van der Waals surface area contributed by atoms with Crippen LogP contribution in [0.2, 0.25) is 0 Å². The van der Waals surface area contributed by atoms with E-state index in [2.05, 4.69) is 20.0 Å². The van der Waals surface area contributed by atoms with E-state index < -0.39 is 12.1 Å². The molecular weight excluding hydrogens is 373 g/mol. The van der Waals surface area contributed by atoms with Crippen molar-refractivity contribution in [3.05, 3.63) is 35.7 Å². The predicted molar refractivity (Wildman–Crippen MR) is 91.7 cm³/mol. The van der Waals surface area contributed by atoms with Gasteiger partial charge in [0.2, 0.25) is 5.82 Å². The van der Waals surface area contributed by atoms with Crippen molar-refractivity contribution in [2.45, 2.75) is 32.5 Å². The molecule has 3 N–H and O–H groups in total. The Hall–Kier alpha value is -2.13. The van der Waals surface area contributed by atoms with Crippen LogP contribution in [0, 0.1) is 5.92 Å². The number of hydrogen-bond acceptors (Lipinski definition) is 5. The maximum Gasteiger partial charge on any atom is 0.471 e. The Morgan fingerprint density at radius 2 is 1.88 bits per heavy atom. The zero-order chi connectivity index (χ0) is 18.6. The highest BCUT2D eigenvalue weighted by Crippen LogP contribution is 2.29. The summed E-state index contributed by atoms with van der Waals surface area (Å²) in [5.41, 5.74) is 6.33. The van der Waals surface area contributed by atoms with E-state index >= 15 is 0 Å². The average Bonchev–Trinajstić information content (AvgIpc) is 3.04. The van der Waals surface area contributed by atoms with Crippen LogP contribution in [0.15, 0.2) is 28.8 Å². The molecule has 0 radical (unpaired) electrons. The summed E-state index contributed by atoms with van der Waals surface area (Å²) >= 11 is 0. The van der Waals surface area contributed by atoms with Crippen LogP contribution in [0.4, 0.5) is 13.2 Å². The van der Waals surface area contributed by atoms with Crippen LogP contribution in [-0.4, -0.2) is 28.6 Å². The maximum absolute atomic E-state index is 12.5. The molecule has 0 aliphatic carbocycles. The Kier molecular flexibility index (Phi) is 7.58. The molecule has 0 aliphatic rings. The summed E-state index contributed by atoms with van der Waals surface area (Å²) in [6.07, 6.45) is -3.94. The number of nitrogens with one attached hydrogen (secondary N) is 1. The zero-order valence-corrected chi connectivity index (χ0v) is 15.0. The van der Waals surface area contributed by atoms with Gasteiger partial charge in [-0.05, 0) is 24.5 Å². The van der Waals surface area contributed by atoms with Crippen LogP contribution < -0.4 is 11.1 Å². The van der Waals surface area contributed by atoms with Gasteiger partial charge in [0.25, 0.3) is 5.91 Å². The molecule has 1 heterocycles. The minimum absolute atomic E-state index is 0. The summed E-state index contributed by atoms with van der Waals surface area (Å²) in [5, 5.41) is 6.13. The van der Waals surface area contributed by atoms with E-state index in [4.69, 9.17) is 5.73 Å². The molecule has 1 unspecified atom stereocenters. The standard InChI is InChI=1S/C16H19F3N4O2.ClH/c1-9(2)7-12(8-20)21-14(24)11-5-3-10(4-6-11)13-22-15(25-23-13)16(17,18)19;/h3-6,9,12H,7-8,20H2,1-2H3,(H,21,24);1H. The van der Waals surface area contributed by atoms with Crippen LogP contribution >= 0.6 is 12.4 Å². The van der Waals surface area contributed by atoms with Crippen LogP contribution in [0.5, 0.6) is 0 Å². The van der Waals surface area contributed by atoms with Gasteiger partial charge < -0.3 is 15.6 Å². The Morgan fingerprint density at radius 1 is 1.27 bits per heavy atom. The second kappa shape index (κ2) is 9.00. The van der Waals surface area contributed by atoms with Gasteiger partial charge in [-0.3, -0.25) is 4.79 Å². The number of nitrogens with two attached hydrogens (primary N) is 1. The first-order valence-electron chi connectivity index (χ1n) is 7.73. The number of halogens is 4. The van der Waals surface area contributed by atoms with Crippen LogP contribution in [-0.2, 0) is 6.18 Å². The van der Waals surface area contributed by atoms with E-state index in [-0.39, 0.29) is 30.2 Å². The van der Waals surface area contributed by atoms with Crippen LogP contribution in [0.3, 0.4) is 0 Å². The first-order valence-corrected chi connectivity index (χ1v) is 7.73. The molecule has 0 aliphatic heterocycles. The molecular formula is C16H20ClF3N4O2. The van der Waals surface area contributed by atoms with Crippen molar-refractivity contribution in [3.8, 4) is 11.4 Å². The predicted octanol–water partition coefficient (Wildman–Crippen LogP) is 3.28. The molecule has 0 saturated heterocycles. The summed E-state index contributed by atoms with van der Waals surface area (Å²) in [4.78, 5) is 15.5. The molecule has 1 aromatic heterocycles. The molecule has 26 heavy (non-hydrogen) atoms. The maximum atomic E-state index is 12.5. The molecule has 1 atom stereocenters. The van der Waals surface area contributed by atoms with E-state index in [1.807, 2.05) is 13.8 Å². The van der Waals surface area contributed by atoms with Gasteiger partial charge in [-0.15, -0.1) is 12.4 Å². The minimum Gasteiger partial charge on any atom is -0.348 e. The smallest absolute Gasteiger partial charge is 0.348 e. The topological polar surface area (TPSA) is 94.0 Å². The van der Waals surface area contributed by atoms with Crippen molar-refractivity contribution in [3.63, 3.8) is 0 Å². The molecule has 6 nitrogen and oxygen atoms in total. The number of carbonyl (C=O) groups excluding carboxylic acids is 1. The fraction of sp³-hybridized carbons (Fsp3) is 0.438. The normalized spacial score (nSPS) is 12.6. The van der Waals surface area contributed by atoms with Gasteiger partial charge in [0.15, 0.2) is 0 Å². The molecule has 2 aromatic rings. The zero-order valence-electron chi connectivity index (χ0n) is 14.2. The quantitative estimate of drug-likeness (QED) is 0.786. The molecule has 10 heteroatoms. The van der Waals surface area contributed by atoms with Crippen molar-refractivity contribution in [2.24, 2.45) is 11.7 Å². The summed E-state index contributed by atoms with van der Waals surface area (Å²) in [7, 11) is 0. The van der Waals surface area contributed by atoms with Crippen molar-refractivity contribution in [1.82, 2.24) is 15.5 Å². The number of amides is 1. The summed E-state index contributed by atoms with van der Waals surface area (Å²) in [6, 6.07) is 5.74. The number of nitrogens with zero attached hydrogens (tertiary/aromatic N) is 2. The van der Waals surface area contributed by atoms with Crippen molar-refractivity contribution in [1.29, 1.82) is 0 Å². The second-order valence-electron chi connectivity index (χ2n) is 6.03. The van der Waals surface area contributed by atoms with Gasteiger partial charge >= 0.3 is 12.1 Å². The molecule has 0 saturated carbocycles. The van der Waals surface area contributed by atoms with Gasteiger partial charge in [0, 0.05) is 23.7 Å². The molecule has 1 aromatic carbocycles. The van der Waals surface area contributed by atoms with Crippen molar-refractivity contribution < 1.29 is 22.5 Å².